The van der Waals surface area contributed by atoms with Crippen LogP contribution >= 0.6 is 15.9 Å². The summed E-state index contributed by atoms with van der Waals surface area (Å²) in [5.41, 5.74) is -0.679. The van der Waals surface area contributed by atoms with Gasteiger partial charge in [-0.05, 0) is 48.8 Å². The zero-order valence-corrected chi connectivity index (χ0v) is 14.9. The maximum absolute atomic E-state index is 12.2. The van der Waals surface area contributed by atoms with E-state index in [4.69, 9.17) is 9.47 Å². The summed E-state index contributed by atoms with van der Waals surface area (Å²) >= 11 is 3.38. The summed E-state index contributed by atoms with van der Waals surface area (Å²) in [6, 6.07) is 6.37. The number of ether oxygens (including phenoxy) is 2. The van der Waals surface area contributed by atoms with Crippen molar-refractivity contribution in [2.45, 2.75) is 44.9 Å². The Hall–Kier alpha value is -1.76. The van der Waals surface area contributed by atoms with E-state index in [1.807, 2.05) is 18.2 Å². The molecule has 1 aliphatic heterocycles. The summed E-state index contributed by atoms with van der Waals surface area (Å²) in [7, 11) is 0. The van der Waals surface area contributed by atoms with Crippen LogP contribution in [0.15, 0.2) is 28.7 Å². The van der Waals surface area contributed by atoms with E-state index in [-0.39, 0.29) is 13.0 Å². The zero-order chi connectivity index (χ0) is 17.2. The van der Waals surface area contributed by atoms with Crippen molar-refractivity contribution in [3.8, 4) is 5.75 Å². The molecular formula is C16H20BrNO5. The average molecular weight is 386 g/mol. The summed E-state index contributed by atoms with van der Waals surface area (Å²) in [6.07, 6.45) is -0.818. The molecule has 1 aromatic carbocycles. The minimum Gasteiger partial charge on any atom is -0.487 e. The number of amides is 1. The molecule has 2 rings (SSSR count). The third-order valence-corrected chi connectivity index (χ3v) is 3.96. The van der Waals surface area contributed by atoms with Crippen molar-refractivity contribution in [2.75, 3.05) is 6.54 Å². The van der Waals surface area contributed by atoms with Gasteiger partial charge in [-0.25, -0.2) is 9.59 Å². The van der Waals surface area contributed by atoms with Gasteiger partial charge in [-0.1, -0.05) is 12.1 Å². The fourth-order valence-electron chi connectivity index (χ4n) is 2.36. The quantitative estimate of drug-likeness (QED) is 0.863. The Morgan fingerprint density at radius 1 is 1.30 bits per heavy atom. The topological polar surface area (TPSA) is 76.1 Å². The number of rotatable bonds is 3. The summed E-state index contributed by atoms with van der Waals surface area (Å²) in [5.74, 6) is -0.443. The van der Waals surface area contributed by atoms with Gasteiger partial charge in [0.15, 0.2) is 0 Å². The van der Waals surface area contributed by atoms with Crippen molar-refractivity contribution in [3.63, 3.8) is 0 Å². The lowest BCUT2D eigenvalue weighted by Gasteiger charge is -2.26. The Morgan fingerprint density at radius 3 is 2.52 bits per heavy atom. The third-order valence-electron chi connectivity index (χ3n) is 3.31. The normalized spacial score (nSPS) is 21.1. The molecule has 0 aliphatic carbocycles. The average Bonchev–Trinajstić information content (AvgIpc) is 2.84. The highest BCUT2D eigenvalue weighted by Crippen LogP contribution is 2.29. The maximum atomic E-state index is 12.2. The van der Waals surface area contributed by atoms with Crippen LogP contribution in [0.5, 0.6) is 5.75 Å². The van der Waals surface area contributed by atoms with E-state index < -0.39 is 29.8 Å². The van der Waals surface area contributed by atoms with Crippen molar-refractivity contribution >= 4 is 28.0 Å². The molecule has 6 nitrogen and oxygen atoms in total. The van der Waals surface area contributed by atoms with Crippen LogP contribution in [0.1, 0.15) is 27.2 Å². The van der Waals surface area contributed by atoms with Gasteiger partial charge in [-0.2, -0.15) is 0 Å². The first kappa shape index (κ1) is 17.6. The number of hydrogen-bond donors (Lipinski definition) is 1. The summed E-state index contributed by atoms with van der Waals surface area (Å²) < 4.78 is 11.9. The second kappa shape index (κ2) is 6.78. The van der Waals surface area contributed by atoms with Crippen LogP contribution in [0, 0.1) is 0 Å². The van der Waals surface area contributed by atoms with Crippen LogP contribution in [0.4, 0.5) is 4.79 Å². The van der Waals surface area contributed by atoms with Gasteiger partial charge in [0.05, 0.1) is 11.0 Å². The summed E-state index contributed by atoms with van der Waals surface area (Å²) in [4.78, 5) is 24.9. The molecule has 23 heavy (non-hydrogen) atoms. The van der Waals surface area contributed by atoms with Crippen LogP contribution < -0.4 is 4.74 Å². The molecule has 0 bridgehead atoms. The molecule has 0 unspecified atom stereocenters. The standard InChI is InChI=1S/C16H20BrNO5/c1-16(2,3)23-15(21)18-9-10(8-12(18)14(19)20)22-13-7-5-4-6-11(13)17/h4-7,10,12H,8-9H2,1-3H3,(H,19,20)/t10-,12+/m1/s1. The molecular weight excluding hydrogens is 366 g/mol. The number of nitrogens with zero attached hydrogens (tertiary/aromatic N) is 1. The molecule has 1 aromatic rings. The highest BCUT2D eigenvalue weighted by atomic mass is 79.9. The summed E-state index contributed by atoms with van der Waals surface area (Å²) in [6.45, 7) is 5.40. The molecule has 1 amide bonds. The van der Waals surface area contributed by atoms with Crippen molar-refractivity contribution in [3.05, 3.63) is 28.7 Å². The number of halogens is 1. The fraction of sp³-hybridized carbons (Fsp3) is 0.500. The number of carbonyl (C=O) groups excluding carboxylic acids is 1. The van der Waals surface area contributed by atoms with Gasteiger partial charge in [0.1, 0.15) is 23.5 Å². The number of hydrogen-bond acceptors (Lipinski definition) is 4. The molecule has 7 heteroatoms. The van der Waals surface area contributed by atoms with Gasteiger partial charge in [0.25, 0.3) is 0 Å². The molecule has 1 saturated heterocycles. The van der Waals surface area contributed by atoms with Gasteiger partial charge in [-0.3, -0.25) is 4.90 Å². The van der Waals surface area contributed by atoms with Gasteiger partial charge < -0.3 is 14.6 Å². The van der Waals surface area contributed by atoms with Gasteiger partial charge in [0.2, 0.25) is 0 Å². The van der Waals surface area contributed by atoms with Crippen LogP contribution in [-0.4, -0.2) is 46.4 Å². The number of benzene rings is 1. The Bertz CT molecular complexity index is 598. The van der Waals surface area contributed by atoms with E-state index in [1.165, 1.54) is 4.90 Å². The lowest BCUT2D eigenvalue weighted by atomic mass is 10.2. The molecule has 126 valence electrons. The van der Waals surface area contributed by atoms with E-state index in [0.29, 0.717) is 5.75 Å². The first-order chi connectivity index (χ1) is 10.7. The molecule has 2 atom stereocenters. The first-order valence-corrected chi connectivity index (χ1v) is 8.10. The highest BCUT2D eigenvalue weighted by Gasteiger charge is 2.42. The Labute approximate surface area is 143 Å². The SMILES string of the molecule is CC(C)(C)OC(=O)N1C[C@H](Oc2ccccc2Br)C[C@H]1C(=O)O. The number of carbonyl (C=O) groups is 2. The molecule has 1 N–H and O–H groups in total. The monoisotopic (exact) mass is 385 g/mol. The molecule has 0 radical (unpaired) electrons. The van der Waals surface area contributed by atoms with Crippen molar-refractivity contribution in [1.29, 1.82) is 0 Å². The van der Waals surface area contributed by atoms with E-state index in [2.05, 4.69) is 15.9 Å². The van der Waals surface area contributed by atoms with E-state index in [0.717, 1.165) is 4.47 Å². The minimum absolute atomic E-state index is 0.174. The first-order valence-electron chi connectivity index (χ1n) is 7.31. The Morgan fingerprint density at radius 2 is 1.96 bits per heavy atom. The molecule has 1 fully saturated rings. The van der Waals surface area contributed by atoms with Crippen molar-refractivity contribution in [2.24, 2.45) is 0 Å². The second-order valence-corrected chi connectivity index (χ2v) is 7.25. The highest BCUT2D eigenvalue weighted by molar-refractivity contribution is 9.10. The van der Waals surface area contributed by atoms with E-state index in [9.17, 15) is 14.7 Å². The third kappa shape index (κ3) is 4.60. The Kier molecular flexibility index (Phi) is 5.19. The predicted molar refractivity (Wildman–Crippen MR) is 87.5 cm³/mol. The second-order valence-electron chi connectivity index (χ2n) is 6.39. The number of carboxylic acids is 1. The van der Waals surface area contributed by atoms with Crippen molar-refractivity contribution < 1.29 is 24.2 Å². The minimum atomic E-state index is -1.06. The molecule has 0 aromatic heterocycles. The van der Waals surface area contributed by atoms with Gasteiger partial charge in [-0.15, -0.1) is 0 Å². The number of likely N-dealkylation sites (tertiary alicyclic amines) is 1. The van der Waals surface area contributed by atoms with Crippen LogP contribution in [0.2, 0.25) is 0 Å². The van der Waals surface area contributed by atoms with Crippen molar-refractivity contribution in [1.82, 2.24) is 4.90 Å². The fourth-order valence-corrected chi connectivity index (χ4v) is 2.74. The number of para-hydroxylation sites is 1. The van der Waals surface area contributed by atoms with Crippen LogP contribution in [0.25, 0.3) is 0 Å². The van der Waals surface area contributed by atoms with Crippen LogP contribution in [0.3, 0.4) is 0 Å². The predicted octanol–water partition coefficient (Wildman–Crippen LogP) is 3.29. The van der Waals surface area contributed by atoms with Gasteiger partial charge in [0, 0.05) is 6.42 Å². The smallest absolute Gasteiger partial charge is 0.411 e. The number of aliphatic carboxylic acids is 1. The van der Waals surface area contributed by atoms with E-state index >= 15 is 0 Å². The lowest BCUT2D eigenvalue weighted by molar-refractivity contribution is -0.142. The number of carboxylic acid groups (broad SMARTS) is 1. The molecule has 1 heterocycles. The molecule has 0 spiro atoms. The van der Waals surface area contributed by atoms with E-state index in [1.54, 1.807) is 26.8 Å². The summed E-state index contributed by atoms with van der Waals surface area (Å²) in [5, 5.41) is 9.36. The van der Waals surface area contributed by atoms with Crippen LogP contribution in [-0.2, 0) is 9.53 Å². The van der Waals surface area contributed by atoms with Gasteiger partial charge >= 0.3 is 12.1 Å². The molecule has 0 saturated carbocycles. The largest absolute Gasteiger partial charge is 0.487 e. The Balaban J connectivity index is 2.10. The molecule has 1 aliphatic rings. The lowest BCUT2D eigenvalue weighted by Crippen LogP contribution is -2.43. The zero-order valence-electron chi connectivity index (χ0n) is 13.3. The maximum Gasteiger partial charge on any atom is 0.411 e.